The van der Waals surface area contributed by atoms with Crippen LogP contribution in [0.5, 0.6) is 0 Å². The number of alkyl halides is 3. The molecule has 0 unspecified atom stereocenters. The van der Waals surface area contributed by atoms with Crippen LogP contribution in [0.4, 0.5) is 13.2 Å². The van der Waals surface area contributed by atoms with Crippen molar-refractivity contribution in [1.29, 1.82) is 0 Å². The standard InChI is InChI=1S/C10H20F3NS2/c1-4-9(5-2,15-3)8-14-6-7-16-10(11,12)13/h14H,4-8H2,1-3H3. The van der Waals surface area contributed by atoms with Crippen LogP contribution >= 0.6 is 23.5 Å². The fourth-order valence-corrected chi connectivity index (χ4v) is 2.72. The van der Waals surface area contributed by atoms with Crippen molar-refractivity contribution in [3.63, 3.8) is 0 Å². The molecule has 0 radical (unpaired) electrons. The van der Waals surface area contributed by atoms with Crippen LogP contribution in [0.15, 0.2) is 0 Å². The summed E-state index contributed by atoms with van der Waals surface area (Å²) >= 11 is 1.83. The summed E-state index contributed by atoms with van der Waals surface area (Å²) in [7, 11) is 0. The maximum absolute atomic E-state index is 11.8. The molecule has 0 aliphatic heterocycles. The summed E-state index contributed by atoms with van der Waals surface area (Å²) in [5.74, 6) is 0.0847. The fraction of sp³-hybridized carbons (Fsp3) is 1.00. The van der Waals surface area contributed by atoms with Gasteiger partial charge in [-0.25, -0.2) is 0 Å². The Balaban J connectivity index is 3.71. The van der Waals surface area contributed by atoms with Gasteiger partial charge in [-0.2, -0.15) is 24.9 Å². The van der Waals surface area contributed by atoms with Crippen molar-refractivity contribution in [3.8, 4) is 0 Å². The summed E-state index contributed by atoms with van der Waals surface area (Å²) in [6.07, 6.45) is 4.12. The zero-order valence-corrected chi connectivity index (χ0v) is 11.6. The van der Waals surface area contributed by atoms with Crippen molar-refractivity contribution in [3.05, 3.63) is 0 Å². The van der Waals surface area contributed by atoms with Gasteiger partial charge in [0.2, 0.25) is 0 Å². The van der Waals surface area contributed by atoms with E-state index in [0.29, 0.717) is 6.54 Å². The Labute approximate surface area is 104 Å². The Kier molecular flexibility index (Phi) is 7.93. The van der Waals surface area contributed by atoms with E-state index in [9.17, 15) is 13.2 Å². The van der Waals surface area contributed by atoms with Gasteiger partial charge in [-0.3, -0.25) is 0 Å². The second-order valence-electron chi connectivity index (χ2n) is 3.57. The van der Waals surface area contributed by atoms with E-state index >= 15 is 0 Å². The van der Waals surface area contributed by atoms with Gasteiger partial charge in [-0.05, 0) is 30.9 Å². The Morgan fingerprint density at radius 3 is 2.06 bits per heavy atom. The largest absolute Gasteiger partial charge is 0.441 e. The molecule has 0 fully saturated rings. The molecule has 1 nitrogen and oxygen atoms in total. The Hall–Kier alpha value is 0.450. The van der Waals surface area contributed by atoms with Crippen LogP contribution in [0.2, 0.25) is 0 Å². The summed E-state index contributed by atoms with van der Waals surface area (Å²) in [4.78, 5) is 0. The lowest BCUT2D eigenvalue weighted by molar-refractivity contribution is -0.0327. The molecule has 0 spiro atoms. The third-order valence-electron chi connectivity index (χ3n) is 2.71. The molecule has 0 aromatic carbocycles. The van der Waals surface area contributed by atoms with Crippen LogP contribution in [0.3, 0.4) is 0 Å². The van der Waals surface area contributed by atoms with Crippen molar-refractivity contribution in [2.24, 2.45) is 0 Å². The Morgan fingerprint density at radius 1 is 1.12 bits per heavy atom. The zero-order chi connectivity index (χ0) is 12.7. The molecule has 0 amide bonds. The van der Waals surface area contributed by atoms with Gasteiger partial charge in [0.1, 0.15) is 0 Å². The molecule has 0 aliphatic rings. The molecule has 6 heteroatoms. The highest BCUT2D eigenvalue weighted by molar-refractivity contribution is 8.00. The minimum Gasteiger partial charge on any atom is -0.315 e. The Bertz CT molecular complexity index is 173. The van der Waals surface area contributed by atoms with Crippen LogP contribution in [0.1, 0.15) is 26.7 Å². The van der Waals surface area contributed by atoms with Crippen molar-refractivity contribution in [2.75, 3.05) is 25.1 Å². The zero-order valence-electron chi connectivity index (χ0n) is 9.99. The highest BCUT2D eigenvalue weighted by Crippen LogP contribution is 2.30. The molecule has 0 aliphatic carbocycles. The normalized spacial score (nSPS) is 13.1. The number of hydrogen-bond acceptors (Lipinski definition) is 3. The summed E-state index contributed by atoms with van der Waals surface area (Å²) in [6.45, 7) is 5.42. The fourth-order valence-electron chi connectivity index (χ4n) is 1.42. The molecule has 16 heavy (non-hydrogen) atoms. The van der Waals surface area contributed by atoms with Gasteiger partial charge in [-0.15, -0.1) is 0 Å². The van der Waals surface area contributed by atoms with E-state index in [1.54, 1.807) is 11.8 Å². The SMILES string of the molecule is CCC(CC)(CNCCSC(F)(F)F)SC. The number of thioether (sulfide) groups is 2. The van der Waals surface area contributed by atoms with Crippen LogP contribution in [0.25, 0.3) is 0 Å². The predicted molar refractivity (Wildman–Crippen MR) is 68.2 cm³/mol. The maximum Gasteiger partial charge on any atom is 0.441 e. The van der Waals surface area contributed by atoms with E-state index in [0.717, 1.165) is 19.4 Å². The van der Waals surface area contributed by atoms with Gasteiger partial charge in [0, 0.05) is 23.6 Å². The summed E-state index contributed by atoms with van der Waals surface area (Å²) < 4.78 is 35.7. The second-order valence-corrected chi connectivity index (χ2v) is 6.00. The molecule has 0 saturated carbocycles. The summed E-state index contributed by atoms with van der Waals surface area (Å²) in [6, 6.07) is 0. The van der Waals surface area contributed by atoms with Gasteiger partial charge >= 0.3 is 5.51 Å². The first-order valence-electron chi connectivity index (χ1n) is 5.35. The highest BCUT2D eigenvalue weighted by Gasteiger charge is 2.28. The van der Waals surface area contributed by atoms with Gasteiger partial charge in [0.05, 0.1) is 0 Å². The van der Waals surface area contributed by atoms with Crippen molar-refractivity contribution < 1.29 is 13.2 Å². The van der Waals surface area contributed by atoms with Crippen molar-refractivity contribution in [2.45, 2.75) is 36.9 Å². The van der Waals surface area contributed by atoms with E-state index in [2.05, 4.69) is 25.4 Å². The molecule has 0 heterocycles. The number of halogens is 3. The van der Waals surface area contributed by atoms with Crippen LogP contribution in [0, 0.1) is 0 Å². The van der Waals surface area contributed by atoms with Crippen molar-refractivity contribution in [1.82, 2.24) is 5.32 Å². The average molecular weight is 275 g/mol. The quantitative estimate of drug-likeness (QED) is 0.678. The predicted octanol–water partition coefficient (Wildman–Crippen LogP) is 3.75. The van der Waals surface area contributed by atoms with E-state index in [-0.39, 0.29) is 22.3 Å². The first kappa shape index (κ1) is 16.4. The lowest BCUT2D eigenvalue weighted by Crippen LogP contribution is -2.37. The van der Waals surface area contributed by atoms with Gasteiger partial charge in [0.15, 0.2) is 0 Å². The molecule has 0 bridgehead atoms. The Morgan fingerprint density at radius 2 is 1.69 bits per heavy atom. The van der Waals surface area contributed by atoms with E-state index in [4.69, 9.17) is 0 Å². The van der Waals surface area contributed by atoms with Gasteiger partial charge in [-0.1, -0.05) is 13.8 Å². The molecule has 0 saturated heterocycles. The molecule has 0 aromatic rings. The van der Waals surface area contributed by atoms with Crippen LogP contribution in [-0.2, 0) is 0 Å². The lowest BCUT2D eigenvalue weighted by Gasteiger charge is -2.30. The van der Waals surface area contributed by atoms with E-state index in [1.807, 2.05) is 0 Å². The highest BCUT2D eigenvalue weighted by atomic mass is 32.2. The third-order valence-corrected chi connectivity index (χ3v) is 5.04. The first-order chi connectivity index (χ1) is 7.39. The smallest absolute Gasteiger partial charge is 0.315 e. The molecular formula is C10H20F3NS2. The molecular weight excluding hydrogens is 255 g/mol. The van der Waals surface area contributed by atoms with E-state index in [1.165, 1.54) is 0 Å². The molecule has 0 atom stereocenters. The first-order valence-corrected chi connectivity index (χ1v) is 7.56. The topological polar surface area (TPSA) is 12.0 Å². The molecule has 0 aromatic heterocycles. The second kappa shape index (κ2) is 7.71. The number of nitrogens with one attached hydrogen (secondary N) is 1. The maximum atomic E-state index is 11.8. The lowest BCUT2D eigenvalue weighted by atomic mass is 10.0. The van der Waals surface area contributed by atoms with Gasteiger partial charge in [0.25, 0.3) is 0 Å². The average Bonchev–Trinajstić information content (AvgIpc) is 2.23. The summed E-state index contributed by atoms with van der Waals surface area (Å²) in [5.41, 5.74) is -4.10. The van der Waals surface area contributed by atoms with Crippen LogP contribution in [-0.4, -0.2) is 35.4 Å². The number of rotatable bonds is 8. The van der Waals surface area contributed by atoms with E-state index < -0.39 is 5.51 Å². The minimum atomic E-state index is -4.10. The van der Waals surface area contributed by atoms with Crippen molar-refractivity contribution >= 4 is 23.5 Å². The number of hydrogen-bond donors (Lipinski definition) is 1. The third kappa shape index (κ3) is 6.91. The minimum absolute atomic E-state index is 0.0376. The van der Waals surface area contributed by atoms with Crippen LogP contribution < -0.4 is 5.32 Å². The molecule has 0 rings (SSSR count). The summed E-state index contributed by atoms with van der Waals surface area (Å²) in [5, 5.41) is 3.11. The monoisotopic (exact) mass is 275 g/mol. The molecule has 1 N–H and O–H groups in total. The van der Waals surface area contributed by atoms with Gasteiger partial charge < -0.3 is 5.32 Å². The molecule has 98 valence electrons.